The molecule has 0 unspecified atom stereocenters. The Morgan fingerprint density at radius 3 is 2.13 bits per heavy atom. The molecule has 0 radical (unpaired) electrons. The Bertz CT molecular complexity index is 461. The van der Waals surface area contributed by atoms with E-state index in [1.54, 1.807) is 13.1 Å². The third-order valence-electron chi connectivity index (χ3n) is 2.37. The highest BCUT2D eigenvalue weighted by atomic mass is 16.3. The van der Waals surface area contributed by atoms with Gasteiger partial charge in [-0.1, -0.05) is 17.2 Å². The molecule has 78 valence electrons. The van der Waals surface area contributed by atoms with Gasteiger partial charge in [0.05, 0.1) is 5.69 Å². The third-order valence-corrected chi connectivity index (χ3v) is 2.37. The lowest BCUT2D eigenvalue weighted by atomic mass is 10.1. The zero-order valence-electron chi connectivity index (χ0n) is 9.15. The zero-order valence-corrected chi connectivity index (χ0v) is 9.15. The van der Waals surface area contributed by atoms with E-state index in [9.17, 15) is 5.11 Å². The molecule has 0 saturated heterocycles. The fraction of sp³-hybridized carbons (Fsp3) is 0.250. The second-order valence-electron chi connectivity index (χ2n) is 3.89. The smallest absolute Gasteiger partial charge is 0.209 e. The van der Waals surface area contributed by atoms with Crippen LogP contribution in [0.2, 0.25) is 0 Å². The lowest BCUT2D eigenvalue weighted by molar-refractivity contribution is 0.419. The maximum absolute atomic E-state index is 9.44. The summed E-state index contributed by atoms with van der Waals surface area (Å²) >= 11 is 0. The highest BCUT2D eigenvalue weighted by Crippen LogP contribution is 2.23. The Balaban J connectivity index is 2.53. The van der Waals surface area contributed by atoms with Crippen molar-refractivity contribution in [2.45, 2.75) is 13.8 Å². The molecule has 2 aromatic rings. The van der Waals surface area contributed by atoms with Crippen LogP contribution in [0.25, 0.3) is 11.3 Å². The molecule has 3 nitrogen and oxygen atoms in total. The van der Waals surface area contributed by atoms with Crippen molar-refractivity contribution in [3.63, 3.8) is 0 Å². The largest absolute Gasteiger partial charge is 0.493 e. The molecule has 0 saturated carbocycles. The molecule has 0 bridgehead atoms. The SMILES string of the molecule is Cc1cc(C)cc(-c2cc(O)n(C)n2)c1. The molecule has 0 aliphatic carbocycles. The van der Waals surface area contributed by atoms with E-state index in [0.29, 0.717) is 0 Å². The van der Waals surface area contributed by atoms with Gasteiger partial charge >= 0.3 is 0 Å². The van der Waals surface area contributed by atoms with E-state index < -0.39 is 0 Å². The molecule has 0 aliphatic heterocycles. The van der Waals surface area contributed by atoms with E-state index in [2.05, 4.69) is 37.1 Å². The first-order valence-electron chi connectivity index (χ1n) is 4.88. The molecule has 2 rings (SSSR count). The number of nitrogens with zero attached hydrogens (tertiary/aromatic N) is 2. The maximum Gasteiger partial charge on any atom is 0.209 e. The van der Waals surface area contributed by atoms with Crippen molar-refractivity contribution >= 4 is 0 Å². The topological polar surface area (TPSA) is 38.0 Å². The highest BCUT2D eigenvalue weighted by molar-refractivity contribution is 5.62. The minimum Gasteiger partial charge on any atom is -0.493 e. The van der Waals surface area contributed by atoms with Gasteiger partial charge < -0.3 is 5.11 Å². The lowest BCUT2D eigenvalue weighted by Crippen LogP contribution is -1.89. The summed E-state index contributed by atoms with van der Waals surface area (Å²) < 4.78 is 1.47. The summed E-state index contributed by atoms with van der Waals surface area (Å²) in [6.45, 7) is 4.11. The van der Waals surface area contributed by atoms with E-state index >= 15 is 0 Å². The Labute approximate surface area is 89.0 Å². The molecule has 3 heteroatoms. The van der Waals surface area contributed by atoms with Gasteiger partial charge in [0, 0.05) is 18.7 Å². The molecule has 0 atom stereocenters. The quantitative estimate of drug-likeness (QED) is 0.771. The first kappa shape index (κ1) is 9.77. The van der Waals surface area contributed by atoms with Gasteiger partial charge in [0.1, 0.15) is 0 Å². The summed E-state index contributed by atoms with van der Waals surface area (Å²) in [6, 6.07) is 7.92. The number of aromatic hydroxyl groups is 1. The van der Waals surface area contributed by atoms with Gasteiger partial charge in [0.25, 0.3) is 0 Å². The number of rotatable bonds is 1. The normalized spacial score (nSPS) is 10.6. The molecule has 1 N–H and O–H groups in total. The van der Waals surface area contributed by atoms with Crippen LogP contribution >= 0.6 is 0 Å². The van der Waals surface area contributed by atoms with E-state index in [1.807, 2.05) is 0 Å². The van der Waals surface area contributed by atoms with Crippen LogP contribution in [-0.4, -0.2) is 14.9 Å². The van der Waals surface area contributed by atoms with Gasteiger partial charge in [0.2, 0.25) is 5.88 Å². The number of benzene rings is 1. The van der Waals surface area contributed by atoms with Crippen LogP contribution in [0, 0.1) is 13.8 Å². The lowest BCUT2D eigenvalue weighted by Gasteiger charge is -2.01. The standard InChI is InChI=1S/C12H14N2O/c1-8-4-9(2)6-10(5-8)11-7-12(15)14(3)13-11/h4-7,15H,1-3H3. The predicted octanol–water partition coefficient (Wildman–Crippen LogP) is 2.41. The van der Waals surface area contributed by atoms with Crippen molar-refractivity contribution in [2.75, 3.05) is 0 Å². The summed E-state index contributed by atoms with van der Waals surface area (Å²) in [7, 11) is 1.72. The predicted molar refractivity (Wildman–Crippen MR) is 59.8 cm³/mol. The number of aryl methyl sites for hydroxylation is 3. The monoisotopic (exact) mass is 202 g/mol. The Hall–Kier alpha value is -1.77. The van der Waals surface area contributed by atoms with Gasteiger partial charge in [-0.15, -0.1) is 0 Å². The zero-order chi connectivity index (χ0) is 11.0. The van der Waals surface area contributed by atoms with Crippen molar-refractivity contribution in [1.82, 2.24) is 9.78 Å². The van der Waals surface area contributed by atoms with Gasteiger partial charge in [0.15, 0.2) is 0 Å². The van der Waals surface area contributed by atoms with Crippen molar-refractivity contribution in [3.05, 3.63) is 35.4 Å². The van der Waals surface area contributed by atoms with Gasteiger partial charge in [-0.3, -0.25) is 0 Å². The van der Waals surface area contributed by atoms with Crippen LogP contribution in [0.3, 0.4) is 0 Å². The van der Waals surface area contributed by atoms with Crippen LogP contribution in [0.4, 0.5) is 0 Å². The van der Waals surface area contributed by atoms with E-state index in [0.717, 1.165) is 11.3 Å². The van der Waals surface area contributed by atoms with Crippen molar-refractivity contribution < 1.29 is 5.11 Å². The first-order chi connectivity index (χ1) is 7.06. The third kappa shape index (κ3) is 1.86. The molecule has 1 aromatic heterocycles. The maximum atomic E-state index is 9.44. The fourth-order valence-corrected chi connectivity index (χ4v) is 1.72. The van der Waals surface area contributed by atoms with E-state index in [1.165, 1.54) is 15.8 Å². The minimum atomic E-state index is 0.184. The Kier molecular flexibility index (Phi) is 2.23. The van der Waals surface area contributed by atoms with Crippen molar-refractivity contribution in [3.8, 4) is 17.1 Å². The molecule has 15 heavy (non-hydrogen) atoms. The first-order valence-corrected chi connectivity index (χ1v) is 4.88. The summed E-state index contributed by atoms with van der Waals surface area (Å²) in [5, 5.41) is 13.7. The van der Waals surface area contributed by atoms with Crippen molar-refractivity contribution in [2.24, 2.45) is 7.05 Å². The number of hydrogen-bond donors (Lipinski definition) is 1. The van der Waals surface area contributed by atoms with Gasteiger partial charge in [-0.2, -0.15) is 5.10 Å². The number of aromatic nitrogens is 2. The molecular weight excluding hydrogens is 188 g/mol. The minimum absolute atomic E-state index is 0.184. The fourth-order valence-electron chi connectivity index (χ4n) is 1.72. The molecular formula is C12H14N2O. The number of hydrogen-bond acceptors (Lipinski definition) is 2. The molecule has 0 spiro atoms. The van der Waals surface area contributed by atoms with Crippen LogP contribution in [0.1, 0.15) is 11.1 Å². The average Bonchev–Trinajstić information content (AvgIpc) is 2.45. The van der Waals surface area contributed by atoms with E-state index in [-0.39, 0.29) is 5.88 Å². The molecule has 0 amide bonds. The highest BCUT2D eigenvalue weighted by Gasteiger charge is 2.06. The molecule has 1 heterocycles. The van der Waals surface area contributed by atoms with E-state index in [4.69, 9.17) is 0 Å². The van der Waals surface area contributed by atoms with Gasteiger partial charge in [-0.25, -0.2) is 4.68 Å². The van der Waals surface area contributed by atoms with Gasteiger partial charge in [-0.05, 0) is 26.0 Å². The average molecular weight is 202 g/mol. The summed E-state index contributed by atoms with van der Waals surface area (Å²) in [4.78, 5) is 0. The van der Waals surface area contributed by atoms with Crippen LogP contribution in [0.15, 0.2) is 24.3 Å². The molecule has 0 fully saturated rings. The summed E-state index contributed by atoms with van der Waals surface area (Å²) in [5.74, 6) is 0.184. The van der Waals surface area contributed by atoms with Crippen LogP contribution in [-0.2, 0) is 7.05 Å². The second-order valence-corrected chi connectivity index (χ2v) is 3.89. The molecule has 0 aliphatic rings. The second kappa shape index (κ2) is 3.42. The van der Waals surface area contributed by atoms with Crippen molar-refractivity contribution in [1.29, 1.82) is 0 Å². The summed E-state index contributed by atoms with van der Waals surface area (Å²) in [6.07, 6.45) is 0. The Morgan fingerprint density at radius 2 is 1.67 bits per heavy atom. The van der Waals surface area contributed by atoms with Crippen LogP contribution < -0.4 is 0 Å². The Morgan fingerprint density at radius 1 is 1.07 bits per heavy atom. The van der Waals surface area contributed by atoms with Crippen LogP contribution in [0.5, 0.6) is 5.88 Å². The summed E-state index contributed by atoms with van der Waals surface area (Å²) in [5.41, 5.74) is 4.26. The molecule has 1 aromatic carbocycles.